The van der Waals surface area contributed by atoms with Gasteiger partial charge in [0.15, 0.2) is 5.78 Å². The number of likely N-dealkylation sites (tertiary alicyclic amines) is 1. The molecule has 2 aliphatic rings. The number of hydrogen-bond donors (Lipinski definition) is 1. The normalized spacial score (nSPS) is 25.5. The van der Waals surface area contributed by atoms with Crippen LogP contribution < -0.4 is 0 Å². The number of ketones is 1. The molecule has 1 aliphatic carbocycles. The molecule has 3 rings (SSSR count). The molecule has 0 bridgehead atoms. The second-order valence-corrected chi connectivity index (χ2v) is 6.58. The number of rotatable bonds is 3. The number of phenols is 1. The number of allylic oxidation sites excluding steroid dienone is 1. The minimum atomic E-state index is 0.176. The van der Waals surface area contributed by atoms with Crippen molar-refractivity contribution in [2.45, 2.75) is 38.5 Å². The van der Waals surface area contributed by atoms with E-state index >= 15 is 0 Å². The summed E-state index contributed by atoms with van der Waals surface area (Å²) in [6, 6.07) is 7.07. The van der Waals surface area contributed by atoms with Gasteiger partial charge in [0.2, 0.25) is 0 Å². The lowest BCUT2D eigenvalue weighted by Crippen LogP contribution is -2.38. The van der Waals surface area contributed by atoms with Gasteiger partial charge in [0.25, 0.3) is 0 Å². The highest BCUT2D eigenvalue weighted by molar-refractivity contribution is 6.01. The van der Waals surface area contributed by atoms with Crippen molar-refractivity contribution in [1.29, 1.82) is 0 Å². The van der Waals surface area contributed by atoms with E-state index in [0.717, 1.165) is 50.0 Å². The molecule has 1 saturated heterocycles. The van der Waals surface area contributed by atoms with Crippen molar-refractivity contribution in [3.05, 3.63) is 35.4 Å². The average molecular weight is 299 g/mol. The number of hydrogen-bond acceptors (Lipinski definition) is 3. The third kappa shape index (κ3) is 3.77. The number of carbonyl (C=O) groups excluding carboxylic acids is 1. The zero-order chi connectivity index (χ0) is 15.4. The van der Waals surface area contributed by atoms with E-state index in [-0.39, 0.29) is 11.7 Å². The zero-order valence-electron chi connectivity index (χ0n) is 13.1. The van der Waals surface area contributed by atoms with Crippen LogP contribution in [0.4, 0.5) is 0 Å². The highest BCUT2D eigenvalue weighted by Gasteiger charge is 2.28. The maximum absolute atomic E-state index is 12.7. The van der Waals surface area contributed by atoms with E-state index in [1.54, 1.807) is 12.1 Å². The van der Waals surface area contributed by atoms with Gasteiger partial charge in [-0.05, 0) is 74.5 Å². The molecular formula is C19H25NO2. The van der Waals surface area contributed by atoms with Crippen LogP contribution in [-0.2, 0) is 4.79 Å². The van der Waals surface area contributed by atoms with Crippen LogP contribution in [0.25, 0.3) is 6.08 Å². The van der Waals surface area contributed by atoms with Gasteiger partial charge in [-0.1, -0.05) is 18.6 Å². The molecule has 1 saturated carbocycles. The fourth-order valence-electron chi connectivity index (χ4n) is 3.60. The maximum atomic E-state index is 12.7. The summed E-state index contributed by atoms with van der Waals surface area (Å²) in [5.74, 6) is 0.778. The number of nitrogens with zero attached hydrogens (tertiary/aromatic N) is 1. The van der Waals surface area contributed by atoms with Crippen molar-refractivity contribution in [3.8, 4) is 5.75 Å². The lowest BCUT2D eigenvalue weighted by Gasteiger charge is -2.32. The number of carbonyl (C=O) groups is 1. The molecule has 22 heavy (non-hydrogen) atoms. The molecule has 3 nitrogen and oxygen atoms in total. The van der Waals surface area contributed by atoms with Crippen LogP contribution in [0.3, 0.4) is 0 Å². The van der Waals surface area contributed by atoms with E-state index in [1.807, 2.05) is 18.2 Å². The maximum Gasteiger partial charge on any atom is 0.163 e. The molecule has 0 radical (unpaired) electrons. The molecule has 118 valence electrons. The molecule has 3 heteroatoms. The highest BCUT2D eigenvalue weighted by atomic mass is 16.3. The Morgan fingerprint density at radius 3 is 2.55 bits per heavy atom. The Bertz CT molecular complexity index is 541. The van der Waals surface area contributed by atoms with Crippen molar-refractivity contribution >= 4 is 11.9 Å². The molecule has 2 fully saturated rings. The summed E-state index contributed by atoms with van der Waals surface area (Å²) in [6.45, 7) is 3.24. The van der Waals surface area contributed by atoms with Crippen molar-refractivity contribution in [2.24, 2.45) is 5.92 Å². The summed E-state index contributed by atoms with van der Waals surface area (Å²) in [5, 5.41) is 9.35. The summed E-state index contributed by atoms with van der Waals surface area (Å²) < 4.78 is 0. The van der Waals surface area contributed by atoms with Gasteiger partial charge in [0, 0.05) is 12.5 Å². The molecular weight excluding hydrogens is 274 g/mol. The molecule has 1 atom stereocenters. The zero-order valence-corrected chi connectivity index (χ0v) is 13.1. The van der Waals surface area contributed by atoms with Crippen molar-refractivity contribution in [3.63, 3.8) is 0 Å². The Morgan fingerprint density at radius 2 is 1.82 bits per heavy atom. The van der Waals surface area contributed by atoms with Gasteiger partial charge in [0.1, 0.15) is 5.75 Å². The van der Waals surface area contributed by atoms with Crippen LogP contribution >= 0.6 is 0 Å². The first-order chi connectivity index (χ1) is 10.7. The molecule has 0 amide bonds. The predicted molar refractivity (Wildman–Crippen MR) is 88.7 cm³/mol. The number of piperidine rings is 1. The lowest BCUT2D eigenvalue weighted by atomic mass is 9.83. The first-order valence-corrected chi connectivity index (χ1v) is 8.48. The topological polar surface area (TPSA) is 40.5 Å². The van der Waals surface area contributed by atoms with Gasteiger partial charge >= 0.3 is 0 Å². The SMILES string of the molecule is O=C1/C(=C\c2ccc(O)cc2)CCC[C@@H]1CN1CCCCC1. The monoisotopic (exact) mass is 299 g/mol. The summed E-state index contributed by atoms with van der Waals surface area (Å²) >= 11 is 0. The molecule has 0 aromatic heterocycles. The molecule has 1 heterocycles. The number of benzene rings is 1. The Kier molecular flexibility index (Phi) is 4.94. The van der Waals surface area contributed by atoms with Gasteiger partial charge in [-0.15, -0.1) is 0 Å². The fraction of sp³-hybridized carbons (Fsp3) is 0.526. The summed E-state index contributed by atoms with van der Waals surface area (Å²) in [7, 11) is 0. The van der Waals surface area contributed by atoms with Gasteiger partial charge in [-0.2, -0.15) is 0 Å². The standard InChI is InChI=1S/C19H25NO2/c21-18-9-7-15(8-10-18)13-16-5-4-6-17(19(16)22)14-20-11-2-1-3-12-20/h7-10,13,17,21H,1-6,11-12,14H2/b16-13-/t17-/m1/s1. The van der Waals surface area contributed by atoms with Crippen LogP contribution in [0.1, 0.15) is 44.1 Å². The second kappa shape index (κ2) is 7.10. The molecule has 1 aromatic carbocycles. The molecule has 1 N–H and O–H groups in total. The van der Waals surface area contributed by atoms with Crippen LogP contribution in [0.2, 0.25) is 0 Å². The summed E-state index contributed by atoms with van der Waals surface area (Å²) in [4.78, 5) is 15.2. The number of aromatic hydroxyl groups is 1. The number of Topliss-reactive ketones (excluding diaryl/α,β-unsaturated/α-hetero) is 1. The second-order valence-electron chi connectivity index (χ2n) is 6.58. The molecule has 0 spiro atoms. The Hall–Kier alpha value is -1.61. The summed E-state index contributed by atoms with van der Waals surface area (Å²) in [5.41, 5.74) is 1.96. The van der Waals surface area contributed by atoms with E-state index in [1.165, 1.54) is 19.3 Å². The van der Waals surface area contributed by atoms with Gasteiger partial charge in [-0.25, -0.2) is 0 Å². The number of phenolic OH excluding ortho intramolecular Hbond substituents is 1. The highest BCUT2D eigenvalue weighted by Crippen LogP contribution is 2.28. The van der Waals surface area contributed by atoms with Crippen molar-refractivity contribution in [1.82, 2.24) is 4.90 Å². The Labute approximate surface area is 132 Å². The minimum Gasteiger partial charge on any atom is -0.508 e. The van der Waals surface area contributed by atoms with E-state index in [2.05, 4.69) is 4.90 Å². The Morgan fingerprint density at radius 1 is 1.09 bits per heavy atom. The van der Waals surface area contributed by atoms with E-state index in [4.69, 9.17) is 0 Å². The third-order valence-corrected chi connectivity index (χ3v) is 4.85. The molecule has 0 unspecified atom stereocenters. The largest absolute Gasteiger partial charge is 0.508 e. The lowest BCUT2D eigenvalue weighted by molar-refractivity contribution is -0.121. The molecule has 1 aliphatic heterocycles. The summed E-state index contributed by atoms with van der Waals surface area (Å²) in [6.07, 6.45) is 8.91. The molecule has 1 aromatic rings. The fourth-order valence-corrected chi connectivity index (χ4v) is 3.60. The first kappa shape index (κ1) is 15.3. The van der Waals surface area contributed by atoms with Crippen molar-refractivity contribution < 1.29 is 9.90 Å². The van der Waals surface area contributed by atoms with Gasteiger partial charge in [-0.3, -0.25) is 4.79 Å². The van der Waals surface area contributed by atoms with Crippen LogP contribution in [0.15, 0.2) is 29.8 Å². The average Bonchev–Trinajstić information content (AvgIpc) is 2.54. The van der Waals surface area contributed by atoms with E-state index in [9.17, 15) is 9.90 Å². The van der Waals surface area contributed by atoms with Crippen LogP contribution in [0, 0.1) is 5.92 Å². The van der Waals surface area contributed by atoms with Crippen LogP contribution in [-0.4, -0.2) is 35.4 Å². The quantitative estimate of drug-likeness (QED) is 0.866. The van der Waals surface area contributed by atoms with Gasteiger partial charge in [0.05, 0.1) is 0 Å². The van der Waals surface area contributed by atoms with E-state index in [0.29, 0.717) is 5.78 Å². The Balaban J connectivity index is 1.67. The minimum absolute atomic E-state index is 0.176. The first-order valence-electron chi connectivity index (χ1n) is 8.48. The predicted octanol–water partition coefficient (Wildman–Crippen LogP) is 3.63. The van der Waals surface area contributed by atoms with Crippen molar-refractivity contribution in [2.75, 3.05) is 19.6 Å². The smallest absolute Gasteiger partial charge is 0.163 e. The van der Waals surface area contributed by atoms with Gasteiger partial charge < -0.3 is 10.0 Å². The van der Waals surface area contributed by atoms with E-state index < -0.39 is 0 Å². The third-order valence-electron chi connectivity index (χ3n) is 4.85. The van der Waals surface area contributed by atoms with Crippen LogP contribution in [0.5, 0.6) is 5.75 Å².